The molecule has 0 aliphatic carbocycles. The Morgan fingerprint density at radius 1 is 1.16 bits per heavy atom. The quantitative estimate of drug-likeness (QED) is 0.846. The van der Waals surface area contributed by atoms with E-state index in [0.717, 1.165) is 5.46 Å². The minimum atomic E-state index is -0.443. The van der Waals surface area contributed by atoms with E-state index < -0.39 is 7.12 Å². The third-order valence-corrected chi connectivity index (χ3v) is 3.96. The molecule has 0 amide bonds. The molecule has 0 bridgehead atoms. The van der Waals surface area contributed by atoms with Gasteiger partial charge in [-0.25, -0.2) is 4.39 Å². The summed E-state index contributed by atoms with van der Waals surface area (Å²) < 4.78 is 25.5. The molecular formula is C14H21BFNO2. The molecule has 104 valence electrons. The lowest BCUT2D eigenvalue weighted by molar-refractivity contribution is 0.00578. The van der Waals surface area contributed by atoms with Gasteiger partial charge in [-0.1, -0.05) is 12.1 Å². The molecule has 0 saturated carbocycles. The molecule has 0 unspecified atom stereocenters. The van der Waals surface area contributed by atoms with Crippen molar-refractivity contribution >= 4 is 12.6 Å². The summed E-state index contributed by atoms with van der Waals surface area (Å²) in [5, 5.41) is 2.95. The zero-order valence-corrected chi connectivity index (χ0v) is 12.2. The maximum absolute atomic E-state index is 13.6. The first-order valence-electron chi connectivity index (χ1n) is 6.55. The number of hydrogen-bond donors (Lipinski definition) is 1. The molecule has 0 radical (unpaired) electrons. The van der Waals surface area contributed by atoms with Crippen molar-refractivity contribution in [2.24, 2.45) is 0 Å². The second kappa shape index (κ2) is 4.89. The largest absolute Gasteiger partial charge is 0.494 e. The number of halogens is 1. The van der Waals surface area contributed by atoms with Gasteiger partial charge in [0.1, 0.15) is 5.82 Å². The summed E-state index contributed by atoms with van der Waals surface area (Å²) in [6.07, 6.45) is 0. The zero-order chi connectivity index (χ0) is 14.3. The van der Waals surface area contributed by atoms with Gasteiger partial charge in [-0.2, -0.15) is 0 Å². The molecule has 1 fully saturated rings. The van der Waals surface area contributed by atoms with Crippen molar-refractivity contribution in [1.82, 2.24) is 5.32 Å². The fourth-order valence-electron chi connectivity index (χ4n) is 2.05. The van der Waals surface area contributed by atoms with Crippen LogP contribution < -0.4 is 10.8 Å². The molecule has 1 aromatic carbocycles. The Morgan fingerprint density at radius 2 is 1.74 bits per heavy atom. The minimum Gasteiger partial charge on any atom is -0.399 e. The lowest BCUT2D eigenvalue weighted by Gasteiger charge is -2.32. The molecule has 1 aliphatic heterocycles. The van der Waals surface area contributed by atoms with E-state index in [0.29, 0.717) is 12.1 Å². The molecule has 1 aromatic rings. The second-order valence-corrected chi connectivity index (χ2v) is 5.97. The van der Waals surface area contributed by atoms with Gasteiger partial charge in [0.25, 0.3) is 0 Å². The van der Waals surface area contributed by atoms with Crippen molar-refractivity contribution in [1.29, 1.82) is 0 Å². The number of hydrogen-bond acceptors (Lipinski definition) is 3. The van der Waals surface area contributed by atoms with Gasteiger partial charge in [-0.15, -0.1) is 0 Å². The second-order valence-electron chi connectivity index (χ2n) is 5.97. The number of nitrogens with one attached hydrogen (secondary N) is 1. The van der Waals surface area contributed by atoms with Crippen LogP contribution in [0.1, 0.15) is 33.3 Å². The highest BCUT2D eigenvalue weighted by molar-refractivity contribution is 6.62. The summed E-state index contributed by atoms with van der Waals surface area (Å²) in [6, 6.07) is 4.98. The lowest BCUT2D eigenvalue weighted by Crippen LogP contribution is -2.41. The Bertz CT molecular complexity index is 461. The third kappa shape index (κ3) is 2.68. The van der Waals surface area contributed by atoms with Gasteiger partial charge < -0.3 is 14.6 Å². The minimum absolute atomic E-state index is 0.213. The van der Waals surface area contributed by atoms with Crippen molar-refractivity contribution in [3.05, 3.63) is 29.6 Å². The van der Waals surface area contributed by atoms with Crippen LogP contribution in [0.2, 0.25) is 0 Å². The van der Waals surface area contributed by atoms with Gasteiger partial charge in [0.2, 0.25) is 0 Å². The summed E-state index contributed by atoms with van der Waals surface area (Å²) in [5.74, 6) is -0.213. The fourth-order valence-corrected chi connectivity index (χ4v) is 2.05. The van der Waals surface area contributed by atoms with Gasteiger partial charge in [-0.3, -0.25) is 0 Å². The van der Waals surface area contributed by atoms with Crippen LogP contribution in [0.15, 0.2) is 18.2 Å². The molecule has 2 rings (SSSR count). The summed E-state index contributed by atoms with van der Waals surface area (Å²) in [6.45, 7) is 8.51. The van der Waals surface area contributed by atoms with Crippen LogP contribution in [0.3, 0.4) is 0 Å². The SMILES string of the molecule is CNCc1cc(B2OC(C)(C)C(C)(C)O2)ccc1F. The van der Waals surface area contributed by atoms with E-state index in [4.69, 9.17) is 9.31 Å². The molecule has 5 heteroatoms. The topological polar surface area (TPSA) is 30.5 Å². The van der Waals surface area contributed by atoms with Crippen LogP contribution in [-0.2, 0) is 15.9 Å². The van der Waals surface area contributed by atoms with Gasteiger partial charge in [0.15, 0.2) is 0 Å². The average molecular weight is 265 g/mol. The van der Waals surface area contributed by atoms with Crippen molar-refractivity contribution < 1.29 is 13.7 Å². The normalized spacial score (nSPS) is 20.8. The van der Waals surface area contributed by atoms with Gasteiger partial charge in [0, 0.05) is 12.1 Å². The van der Waals surface area contributed by atoms with E-state index in [1.807, 2.05) is 27.7 Å². The summed E-state index contributed by atoms with van der Waals surface area (Å²) in [5.41, 5.74) is 0.713. The Kier molecular flexibility index (Phi) is 3.73. The molecule has 1 N–H and O–H groups in total. The van der Waals surface area contributed by atoms with Crippen molar-refractivity contribution in [3.8, 4) is 0 Å². The number of rotatable bonds is 3. The highest BCUT2D eigenvalue weighted by atomic mass is 19.1. The van der Waals surface area contributed by atoms with Crippen molar-refractivity contribution in [3.63, 3.8) is 0 Å². The Morgan fingerprint density at radius 3 is 2.26 bits per heavy atom. The summed E-state index contributed by atoms with van der Waals surface area (Å²) in [7, 11) is 1.35. The van der Waals surface area contributed by atoms with Crippen LogP contribution in [-0.4, -0.2) is 25.4 Å². The molecule has 0 aromatic heterocycles. The van der Waals surface area contributed by atoms with Crippen molar-refractivity contribution in [2.75, 3.05) is 7.05 Å². The van der Waals surface area contributed by atoms with Gasteiger partial charge in [0.05, 0.1) is 11.2 Å². The van der Waals surface area contributed by atoms with Crippen LogP contribution in [0, 0.1) is 5.82 Å². The van der Waals surface area contributed by atoms with E-state index in [9.17, 15) is 4.39 Å². The highest BCUT2D eigenvalue weighted by Gasteiger charge is 2.51. The van der Waals surface area contributed by atoms with Crippen LogP contribution in [0.4, 0.5) is 4.39 Å². The molecule has 0 atom stereocenters. The average Bonchev–Trinajstić information content (AvgIpc) is 2.51. The van der Waals surface area contributed by atoms with E-state index >= 15 is 0 Å². The monoisotopic (exact) mass is 265 g/mol. The van der Waals surface area contributed by atoms with E-state index in [1.165, 1.54) is 6.07 Å². The molecule has 1 heterocycles. The van der Waals surface area contributed by atoms with Crippen LogP contribution in [0.25, 0.3) is 0 Å². The van der Waals surface area contributed by atoms with E-state index in [1.54, 1.807) is 19.2 Å². The first kappa shape index (κ1) is 14.5. The van der Waals surface area contributed by atoms with Crippen LogP contribution in [0.5, 0.6) is 0 Å². The Balaban J connectivity index is 2.27. The summed E-state index contributed by atoms with van der Waals surface area (Å²) in [4.78, 5) is 0. The molecular weight excluding hydrogens is 244 g/mol. The predicted molar refractivity (Wildman–Crippen MR) is 74.9 cm³/mol. The Labute approximate surface area is 114 Å². The molecule has 1 saturated heterocycles. The molecule has 0 spiro atoms. The van der Waals surface area contributed by atoms with E-state index in [2.05, 4.69) is 5.32 Å². The number of benzene rings is 1. The first-order valence-corrected chi connectivity index (χ1v) is 6.55. The summed E-state index contributed by atoms with van der Waals surface area (Å²) >= 11 is 0. The van der Waals surface area contributed by atoms with Crippen LogP contribution >= 0.6 is 0 Å². The molecule has 19 heavy (non-hydrogen) atoms. The van der Waals surface area contributed by atoms with Gasteiger partial charge in [-0.05, 0) is 46.3 Å². The van der Waals surface area contributed by atoms with Crippen molar-refractivity contribution in [2.45, 2.75) is 45.4 Å². The lowest BCUT2D eigenvalue weighted by atomic mass is 9.78. The Hall–Kier alpha value is -0.905. The maximum atomic E-state index is 13.6. The maximum Gasteiger partial charge on any atom is 0.494 e. The highest BCUT2D eigenvalue weighted by Crippen LogP contribution is 2.36. The van der Waals surface area contributed by atoms with E-state index in [-0.39, 0.29) is 17.0 Å². The molecule has 3 nitrogen and oxygen atoms in total. The smallest absolute Gasteiger partial charge is 0.399 e. The zero-order valence-electron chi connectivity index (χ0n) is 12.2. The first-order chi connectivity index (χ1) is 8.77. The third-order valence-electron chi connectivity index (χ3n) is 3.96. The molecule has 1 aliphatic rings. The predicted octanol–water partition coefficient (Wildman–Crippen LogP) is 1.84. The van der Waals surface area contributed by atoms with Gasteiger partial charge >= 0.3 is 7.12 Å². The standard InChI is InChI=1S/C14H21BFNO2/c1-13(2)14(3,4)19-15(18-13)11-6-7-12(16)10(8-11)9-17-5/h6-8,17H,9H2,1-5H3. The fraction of sp³-hybridized carbons (Fsp3) is 0.571.